The van der Waals surface area contributed by atoms with Crippen molar-refractivity contribution in [1.82, 2.24) is 30.7 Å². The summed E-state index contributed by atoms with van der Waals surface area (Å²) in [5.41, 5.74) is 7.85. The van der Waals surface area contributed by atoms with Crippen LogP contribution in [0.5, 0.6) is 0 Å². The van der Waals surface area contributed by atoms with E-state index in [0.717, 1.165) is 60.3 Å². The van der Waals surface area contributed by atoms with Crippen molar-refractivity contribution in [3.05, 3.63) is 40.3 Å². The van der Waals surface area contributed by atoms with Crippen LogP contribution >= 0.6 is 11.3 Å². The van der Waals surface area contributed by atoms with Crippen molar-refractivity contribution in [2.45, 2.75) is 19.8 Å². The Balaban J connectivity index is 1.23. The Labute approximate surface area is 178 Å². The van der Waals surface area contributed by atoms with E-state index in [4.69, 9.17) is 0 Å². The third-order valence-electron chi connectivity index (χ3n) is 4.95. The molecule has 4 rings (SSSR count). The number of hydrogen-bond acceptors (Lipinski definition) is 7. The summed E-state index contributed by atoms with van der Waals surface area (Å²) in [4.78, 5) is 40.8. The van der Waals surface area contributed by atoms with E-state index in [1.165, 1.54) is 11.3 Å². The molecule has 3 aromatic rings. The van der Waals surface area contributed by atoms with E-state index in [0.29, 0.717) is 0 Å². The first kappa shape index (κ1) is 20.3. The summed E-state index contributed by atoms with van der Waals surface area (Å²) < 4.78 is 0. The van der Waals surface area contributed by atoms with E-state index in [9.17, 15) is 9.59 Å². The van der Waals surface area contributed by atoms with Gasteiger partial charge in [0.15, 0.2) is 0 Å². The number of carbonyl (C=O) groups excluding carboxylic acids is 2. The van der Waals surface area contributed by atoms with Gasteiger partial charge in [-0.05, 0) is 25.5 Å². The van der Waals surface area contributed by atoms with Gasteiger partial charge >= 0.3 is 0 Å². The Morgan fingerprint density at radius 1 is 1.10 bits per heavy atom. The molecule has 2 aromatic heterocycles. The van der Waals surface area contributed by atoms with E-state index >= 15 is 0 Å². The number of benzene rings is 1. The summed E-state index contributed by atoms with van der Waals surface area (Å²) in [6, 6.07) is 7.98. The molecule has 0 saturated carbocycles. The van der Waals surface area contributed by atoms with Crippen LogP contribution in [0.3, 0.4) is 0 Å². The predicted octanol–water partition coefficient (Wildman–Crippen LogP) is 1.23. The average molecular weight is 428 g/mol. The molecule has 3 N–H and O–H groups in total. The summed E-state index contributed by atoms with van der Waals surface area (Å²) >= 11 is 1.44. The number of nitrogens with zero attached hydrogens (tertiary/aromatic N) is 4. The van der Waals surface area contributed by atoms with Crippen LogP contribution in [-0.4, -0.2) is 64.4 Å². The summed E-state index contributed by atoms with van der Waals surface area (Å²) in [7, 11) is 0. The quantitative estimate of drug-likeness (QED) is 0.529. The van der Waals surface area contributed by atoms with Gasteiger partial charge in [-0.15, -0.1) is 11.3 Å². The average Bonchev–Trinajstić information content (AvgIpc) is 3.27. The second kappa shape index (κ2) is 9.23. The van der Waals surface area contributed by atoms with Gasteiger partial charge in [-0.1, -0.05) is 12.1 Å². The molecular formula is C20H25N7O2S. The fraction of sp³-hybridized carbons (Fsp3) is 0.400. The number of hydrogen-bond donors (Lipinski definition) is 3. The summed E-state index contributed by atoms with van der Waals surface area (Å²) in [5, 5.41) is 2.63. The van der Waals surface area contributed by atoms with Crippen molar-refractivity contribution in [3.63, 3.8) is 0 Å². The Bertz CT molecular complexity index is 998. The Hall–Kier alpha value is -2.98. The SMILES string of the molecule is Cc1csc(CC(=O)NNC(=O)CN2CCCN(c3nc4ccccc4[nH]3)CC2)n1. The van der Waals surface area contributed by atoms with Crippen molar-refractivity contribution in [2.75, 3.05) is 37.6 Å². The van der Waals surface area contributed by atoms with Gasteiger partial charge in [-0.25, -0.2) is 9.97 Å². The maximum absolute atomic E-state index is 12.2. The van der Waals surface area contributed by atoms with Crippen LogP contribution in [0.2, 0.25) is 0 Å². The number of anilines is 1. The first-order valence-corrected chi connectivity index (χ1v) is 10.9. The molecule has 158 valence electrons. The minimum atomic E-state index is -0.273. The van der Waals surface area contributed by atoms with Gasteiger partial charge in [0.05, 0.1) is 24.0 Å². The maximum Gasteiger partial charge on any atom is 0.252 e. The van der Waals surface area contributed by atoms with Crippen LogP contribution in [0.1, 0.15) is 17.1 Å². The van der Waals surface area contributed by atoms with Crippen molar-refractivity contribution in [1.29, 1.82) is 0 Å². The minimum Gasteiger partial charge on any atom is -0.341 e. The van der Waals surface area contributed by atoms with Gasteiger partial charge in [-0.2, -0.15) is 0 Å². The van der Waals surface area contributed by atoms with Crippen molar-refractivity contribution in [3.8, 4) is 0 Å². The lowest BCUT2D eigenvalue weighted by atomic mass is 10.3. The third-order valence-corrected chi connectivity index (χ3v) is 5.92. The number of carbonyl (C=O) groups is 2. The van der Waals surface area contributed by atoms with E-state index in [2.05, 4.69) is 35.6 Å². The molecule has 1 fully saturated rings. The minimum absolute atomic E-state index is 0.162. The maximum atomic E-state index is 12.2. The summed E-state index contributed by atoms with van der Waals surface area (Å²) in [6.45, 7) is 5.35. The Kier molecular flexibility index (Phi) is 6.24. The van der Waals surface area contributed by atoms with Crippen LogP contribution in [0.4, 0.5) is 5.95 Å². The first-order chi connectivity index (χ1) is 14.6. The molecule has 1 aliphatic heterocycles. The summed E-state index contributed by atoms with van der Waals surface area (Å²) in [6.07, 6.45) is 1.09. The molecule has 30 heavy (non-hydrogen) atoms. The second-order valence-electron chi connectivity index (χ2n) is 7.35. The number of nitrogens with one attached hydrogen (secondary N) is 3. The van der Waals surface area contributed by atoms with E-state index in [1.54, 1.807) is 0 Å². The number of aromatic amines is 1. The normalized spacial score (nSPS) is 15.2. The van der Waals surface area contributed by atoms with E-state index < -0.39 is 0 Å². The fourth-order valence-electron chi connectivity index (χ4n) is 3.48. The molecular weight excluding hydrogens is 402 g/mol. The number of fused-ring (bicyclic) bond motifs is 1. The summed E-state index contributed by atoms with van der Waals surface area (Å²) in [5.74, 6) is 0.368. The highest BCUT2D eigenvalue weighted by Gasteiger charge is 2.19. The molecule has 10 heteroatoms. The lowest BCUT2D eigenvalue weighted by molar-refractivity contribution is -0.129. The zero-order valence-electron chi connectivity index (χ0n) is 16.9. The van der Waals surface area contributed by atoms with Crippen LogP contribution in [0.15, 0.2) is 29.6 Å². The van der Waals surface area contributed by atoms with Gasteiger partial charge in [0, 0.05) is 37.3 Å². The number of amides is 2. The molecule has 0 unspecified atom stereocenters. The van der Waals surface area contributed by atoms with Gasteiger partial charge in [0.2, 0.25) is 11.9 Å². The highest BCUT2D eigenvalue weighted by atomic mass is 32.1. The standard InChI is InChI=1S/C20H25N7O2S/c1-14-13-30-19(21-14)11-17(28)24-25-18(29)12-26-7-4-8-27(10-9-26)20-22-15-5-2-3-6-16(15)23-20/h2-3,5-6,13H,4,7-12H2,1H3,(H,22,23)(H,24,28)(H,25,29). The number of thiazole rings is 1. The van der Waals surface area contributed by atoms with Crippen LogP contribution in [0.25, 0.3) is 11.0 Å². The predicted molar refractivity (Wildman–Crippen MR) is 116 cm³/mol. The van der Waals surface area contributed by atoms with Crippen molar-refractivity contribution < 1.29 is 9.59 Å². The molecule has 0 radical (unpaired) electrons. The number of aryl methyl sites for hydroxylation is 1. The van der Waals surface area contributed by atoms with Gasteiger partial charge in [0.1, 0.15) is 5.01 Å². The molecule has 1 aliphatic rings. The number of rotatable bonds is 5. The van der Waals surface area contributed by atoms with Crippen LogP contribution in [-0.2, 0) is 16.0 Å². The third kappa shape index (κ3) is 5.14. The van der Waals surface area contributed by atoms with Gasteiger partial charge in [-0.3, -0.25) is 25.3 Å². The van der Waals surface area contributed by atoms with Crippen molar-refractivity contribution >= 4 is 40.1 Å². The number of aromatic nitrogens is 3. The zero-order valence-corrected chi connectivity index (χ0v) is 17.7. The highest BCUT2D eigenvalue weighted by molar-refractivity contribution is 7.09. The number of para-hydroxylation sites is 2. The number of hydrazine groups is 1. The highest BCUT2D eigenvalue weighted by Crippen LogP contribution is 2.18. The van der Waals surface area contributed by atoms with Crippen molar-refractivity contribution in [2.24, 2.45) is 0 Å². The lowest BCUT2D eigenvalue weighted by Gasteiger charge is -2.21. The smallest absolute Gasteiger partial charge is 0.252 e. The molecule has 2 amide bonds. The van der Waals surface area contributed by atoms with Crippen LogP contribution in [0, 0.1) is 6.92 Å². The van der Waals surface area contributed by atoms with Gasteiger partial charge in [0.25, 0.3) is 5.91 Å². The van der Waals surface area contributed by atoms with E-state index in [1.807, 2.05) is 36.6 Å². The largest absolute Gasteiger partial charge is 0.341 e. The Morgan fingerprint density at radius 2 is 1.93 bits per heavy atom. The number of H-pyrrole nitrogens is 1. The molecule has 3 heterocycles. The molecule has 9 nitrogen and oxygen atoms in total. The lowest BCUT2D eigenvalue weighted by Crippen LogP contribution is -2.47. The zero-order chi connectivity index (χ0) is 20.9. The molecule has 1 aromatic carbocycles. The number of imidazole rings is 1. The fourth-order valence-corrected chi connectivity index (χ4v) is 4.25. The second-order valence-corrected chi connectivity index (χ2v) is 8.29. The Morgan fingerprint density at radius 3 is 2.73 bits per heavy atom. The van der Waals surface area contributed by atoms with Crippen LogP contribution < -0.4 is 15.8 Å². The molecule has 0 aliphatic carbocycles. The molecule has 1 saturated heterocycles. The molecule has 0 spiro atoms. The monoisotopic (exact) mass is 427 g/mol. The first-order valence-electron chi connectivity index (χ1n) is 9.97. The molecule has 0 bridgehead atoms. The van der Waals surface area contributed by atoms with Gasteiger partial charge < -0.3 is 9.88 Å². The molecule has 0 atom stereocenters. The van der Waals surface area contributed by atoms with E-state index in [-0.39, 0.29) is 24.8 Å². The topological polar surface area (TPSA) is 106 Å².